The summed E-state index contributed by atoms with van der Waals surface area (Å²) in [6, 6.07) is 9.68. The molecule has 0 radical (unpaired) electrons. The minimum atomic E-state index is -0.813. The minimum Gasteiger partial charge on any atom is -0.254 e. The highest BCUT2D eigenvalue weighted by Gasteiger charge is 2.06. The Morgan fingerprint density at radius 2 is 1.92 bits per heavy atom. The predicted molar refractivity (Wildman–Crippen MR) is 57.2 cm³/mol. The fourth-order valence-corrected chi connectivity index (χ4v) is 2.45. The summed E-state index contributed by atoms with van der Waals surface area (Å²) >= 11 is 0. The van der Waals surface area contributed by atoms with E-state index in [4.69, 9.17) is 0 Å². The molecule has 0 aliphatic rings. The first-order valence-corrected chi connectivity index (χ1v) is 5.99. The van der Waals surface area contributed by atoms with E-state index in [9.17, 15) is 4.21 Å². The summed E-state index contributed by atoms with van der Waals surface area (Å²) in [6.07, 6.45) is 1.10. The summed E-state index contributed by atoms with van der Waals surface area (Å²) in [7, 11) is -0.813. The van der Waals surface area contributed by atoms with E-state index in [1.54, 1.807) is 0 Å². The number of hydrogen-bond acceptors (Lipinski definition) is 1. The molecule has 1 aromatic rings. The lowest BCUT2D eigenvalue weighted by Crippen LogP contribution is -2.06. The largest absolute Gasteiger partial charge is 0.254 e. The van der Waals surface area contributed by atoms with E-state index >= 15 is 0 Å². The Hall–Kier alpha value is -0.630. The molecule has 0 spiro atoms. The Labute approximate surface area is 82.6 Å². The maximum Gasteiger partial charge on any atom is 0.0532 e. The first-order valence-electron chi connectivity index (χ1n) is 4.67. The number of hydrogen-bond donors (Lipinski definition) is 0. The topological polar surface area (TPSA) is 17.1 Å². The molecule has 0 bridgehead atoms. The second-order valence-electron chi connectivity index (χ2n) is 3.34. The SMILES string of the molecule is CCC(C)CS(=O)c1ccccc1. The van der Waals surface area contributed by atoms with E-state index in [0.29, 0.717) is 5.92 Å². The molecule has 1 rings (SSSR count). The van der Waals surface area contributed by atoms with E-state index in [2.05, 4.69) is 13.8 Å². The van der Waals surface area contributed by atoms with Crippen LogP contribution in [0.2, 0.25) is 0 Å². The van der Waals surface area contributed by atoms with Crippen molar-refractivity contribution in [3.8, 4) is 0 Å². The van der Waals surface area contributed by atoms with Gasteiger partial charge >= 0.3 is 0 Å². The quantitative estimate of drug-likeness (QED) is 0.723. The lowest BCUT2D eigenvalue weighted by atomic mass is 10.2. The Bertz CT molecular complexity index is 269. The first kappa shape index (κ1) is 10.5. The monoisotopic (exact) mass is 196 g/mol. The van der Waals surface area contributed by atoms with Gasteiger partial charge < -0.3 is 0 Å². The summed E-state index contributed by atoms with van der Waals surface area (Å²) in [5, 5.41) is 0. The second-order valence-corrected chi connectivity index (χ2v) is 4.83. The maximum absolute atomic E-state index is 11.7. The van der Waals surface area contributed by atoms with Gasteiger partial charge in [-0.15, -0.1) is 0 Å². The van der Waals surface area contributed by atoms with Crippen molar-refractivity contribution in [1.82, 2.24) is 0 Å². The van der Waals surface area contributed by atoms with Crippen LogP contribution in [0, 0.1) is 5.92 Å². The van der Waals surface area contributed by atoms with Crippen LogP contribution < -0.4 is 0 Å². The number of benzene rings is 1. The van der Waals surface area contributed by atoms with E-state index < -0.39 is 10.8 Å². The van der Waals surface area contributed by atoms with Crippen LogP contribution in [-0.2, 0) is 10.8 Å². The molecule has 1 aromatic carbocycles. The van der Waals surface area contributed by atoms with E-state index in [1.165, 1.54) is 0 Å². The van der Waals surface area contributed by atoms with Crippen LogP contribution in [0.5, 0.6) is 0 Å². The van der Waals surface area contributed by atoms with Gasteiger partial charge in [0, 0.05) is 10.6 Å². The molecular formula is C11H16OS. The first-order chi connectivity index (χ1) is 6.24. The molecule has 0 heterocycles. The Morgan fingerprint density at radius 3 is 2.46 bits per heavy atom. The van der Waals surface area contributed by atoms with Crippen LogP contribution in [0.1, 0.15) is 20.3 Å². The van der Waals surface area contributed by atoms with Crippen molar-refractivity contribution in [3.63, 3.8) is 0 Å². The van der Waals surface area contributed by atoms with Crippen molar-refractivity contribution in [2.75, 3.05) is 5.75 Å². The summed E-state index contributed by atoms with van der Waals surface area (Å²) in [6.45, 7) is 4.27. The van der Waals surface area contributed by atoms with Gasteiger partial charge in [-0.05, 0) is 18.1 Å². The van der Waals surface area contributed by atoms with Gasteiger partial charge in [0.15, 0.2) is 0 Å². The Balaban J connectivity index is 2.59. The zero-order chi connectivity index (χ0) is 9.68. The molecule has 0 aromatic heterocycles. The maximum atomic E-state index is 11.7. The average molecular weight is 196 g/mol. The van der Waals surface area contributed by atoms with Gasteiger partial charge in [-0.2, -0.15) is 0 Å². The molecule has 2 unspecified atom stereocenters. The highest BCUT2D eigenvalue weighted by molar-refractivity contribution is 7.85. The normalized spacial score (nSPS) is 15.2. The average Bonchev–Trinajstić information content (AvgIpc) is 2.19. The molecule has 1 nitrogen and oxygen atoms in total. The molecule has 0 amide bonds. The van der Waals surface area contributed by atoms with Gasteiger partial charge in [-0.25, -0.2) is 0 Å². The summed E-state index contributed by atoms with van der Waals surface area (Å²) < 4.78 is 11.7. The van der Waals surface area contributed by atoms with Crippen molar-refractivity contribution in [2.45, 2.75) is 25.2 Å². The molecule has 13 heavy (non-hydrogen) atoms. The van der Waals surface area contributed by atoms with Crippen LogP contribution in [0.15, 0.2) is 35.2 Å². The zero-order valence-corrected chi connectivity index (χ0v) is 9.01. The predicted octanol–water partition coefficient (Wildman–Crippen LogP) is 2.84. The molecule has 0 fully saturated rings. The van der Waals surface area contributed by atoms with Crippen LogP contribution in [0.25, 0.3) is 0 Å². The minimum absolute atomic E-state index is 0.543. The highest BCUT2D eigenvalue weighted by atomic mass is 32.2. The summed E-state index contributed by atoms with van der Waals surface area (Å²) in [4.78, 5) is 0.947. The van der Waals surface area contributed by atoms with E-state index in [-0.39, 0.29) is 0 Å². The number of rotatable bonds is 4. The van der Waals surface area contributed by atoms with Crippen molar-refractivity contribution in [2.24, 2.45) is 5.92 Å². The van der Waals surface area contributed by atoms with Crippen molar-refractivity contribution in [1.29, 1.82) is 0 Å². The lowest BCUT2D eigenvalue weighted by molar-refractivity contribution is 0.615. The fourth-order valence-electron chi connectivity index (χ4n) is 1.04. The standard InChI is InChI=1S/C11H16OS/c1-3-10(2)9-13(12)11-7-5-4-6-8-11/h4-8,10H,3,9H2,1-2H3. The highest BCUT2D eigenvalue weighted by Crippen LogP contribution is 2.10. The molecule has 72 valence electrons. The fraction of sp³-hybridized carbons (Fsp3) is 0.455. The molecular weight excluding hydrogens is 180 g/mol. The lowest BCUT2D eigenvalue weighted by Gasteiger charge is -2.07. The van der Waals surface area contributed by atoms with Crippen LogP contribution in [0.4, 0.5) is 0 Å². The molecule has 0 N–H and O–H groups in total. The van der Waals surface area contributed by atoms with E-state index in [0.717, 1.165) is 17.1 Å². The van der Waals surface area contributed by atoms with Crippen LogP contribution >= 0.6 is 0 Å². The van der Waals surface area contributed by atoms with Gasteiger partial charge in [-0.1, -0.05) is 38.5 Å². The molecule has 2 heteroatoms. The second kappa shape index (κ2) is 5.18. The molecule has 0 aliphatic carbocycles. The zero-order valence-electron chi connectivity index (χ0n) is 8.19. The smallest absolute Gasteiger partial charge is 0.0532 e. The van der Waals surface area contributed by atoms with Gasteiger partial charge in [0.2, 0.25) is 0 Å². The Kier molecular flexibility index (Phi) is 4.16. The van der Waals surface area contributed by atoms with Crippen molar-refractivity contribution in [3.05, 3.63) is 30.3 Å². The molecule has 2 atom stereocenters. The third-order valence-electron chi connectivity index (χ3n) is 2.14. The summed E-state index contributed by atoms with van der Waals surface area (Å²) in [5.41, 5.74) is 0. The summed E-state index contributed by atoms with van der Waals surface area (Å²) in [5.74, 6) is 1.32. The van der Waals surface area contributed by atoms with Gasteiger partial charge in [-0.3, -0.25) is 4.21 Å². The van der Waals surface area contributed by atoms with Gasteiger partial charge in [0.05, 0.1) is 10.8 Å². The molecule has 0 saturated carbocycles. The van der Waals surface area contributed by atoms with Crippen LogP contribution in [-0.4, -0.2) is 9.96 Å². The molecule has 0 saturated heterocycles. The Morgan fingerprint density at radius 1 is 1.31 bits per heavy atom. The third-order valence-corrected chi connectivity index (χ3v) is 3.81. The van der Waals surface area contributed by atoms with Crippen LogP contribution in [0.3, 0.4) is 0 Å². The van der Waals surface area contributed by atoms with E-state index in [1.807, 2.05) is 30.3 Å². The van der Waals surface area contributed by atoms with Crippen molar-refractivity contribution >= 4 is 10.8 Å². The molecule has 0 aliphatic heterocycles. The van der Waals surface area contributed by atoms with Crippen molar-refractivity contribution < 1.29 is 4.21 Å². The van der Waals surface area contributed by atoms with Gasteiger partial charge in [0.1, 0.15) is 0 Å². The third kappa shape index (κ3) is 3.31. The van der Waals surface area contributed by atoms with Gasteiger partial charge in [0.25, 0.3) is 0 Å².